The molecule has 0 saturated carbocycles. The third kappa shape index (κ3) is 4.16. The predicted molar refractivity (Wildman–Crippen MR) is 140 cm³/mol. The molecule has 0 spiro atoms. The molecule has 0 radical (unpaired) electrons. The molecule has 4 aromatic carbocycles. The number of pyridine rings is 1. The van der Waals surface area contributed by atoms with Crippen LogP contribution in [0, 0.1) is 13.8 Å². The zero-order valence-corrected chi connectivity index (χ0v) is 18.9. The number of nitrogens with two attached hydrogens (primary N) is 1. The highest BCUT2D eigenvalue weighted by Gasteiger charge is 2.14. The predicted octanol–water partition coefficient (Wildman–Crippen LogP) is 7.39. The van der Waals surface area contributed by atoms with Crippen LogP contribution in [0.3, 0.4) is 0 Å². The number of fused-ring (bicyclic) bond motifs is 1. The van der Waals surface area contributed by atoms with Crippen molar-refractivity contribution in [2.24, 2.45) is 5.73 Å². The van der Waals surface area contributed by atoms with Gasteiger partial charge < -0.3 is 5.73 Å². The molecule has 5 rings (SSSR count). The molecule has 0 saturated heterocycles. The molecule has 0 atom stereocenters. The second kappa shape index (κ2) is 8.76. The second-order valence-electron chi connectivity index (χ2n) is 8.47. The van der Waals surface area contributed by atoms with E-state index in [2.05, 4.69) is 97.7 Å². The molecule has 2 N–H and O–H groups in total. The van der Waals surface area contributed by atoms with Gasteiger partial charge in [0.2, 0.25) is 0 Å². The largest absolute Gasteiger partial charge is 0.398 e. The molecule has 2 heteroatoms. The van der Waals surface area contributed by atoms with Crippen molar-refractivity contribution < 1.29 is 0 Å². The van der Waals surface area contributed by atoms with Crippen LogP contribution in [0.4, 0.5) is 0 Å². The molecule has 0 fully saturated rings. The number of aryl methyl sites for hydroxylation is 2. The molecule has 33 heavy (non-hydrogen) atoms. The lowest BCUT2D eigenvalue weighted by atomic mass is 9.91. The fourth-order valence-corrected chi connectivity index (χ4v) is 4.24. The van der Waals surface area contributed by atoms with Gasteiger partial charge in [0.1, 0.15) is 0 Å². The molecule has 2 nitrogen and oxygen atoms in total. The van der Waals surface area contributed by atoms with Crippen molar-refractivity contribution in [3.05, 3.63) is 137 Å². The van der Waals surface area contributed by atoms with Gasteiger partial charge in [0.05, 0.1) is 5.52 Å². The molecule has 1 heterocycles. The van der Waals surface area contributed by atoms with Crippen LogP contribution in [0.1, 0.15) is 27.8 Å². The Hall–Kier alpha value is -4.17. The summed E-state index contributed by atoms with van der Waals surface area (Å²) in [6.45, 7) is 4.21. The van der Waals surface area contributed by atoms with Gasteiger partial charge in [-0.05, 0) is 48.2 Å². The summed E-state index contributed by atoms with van der Waals surface area (Å²) in [4.78, 5) is 4.51. The van der Waals surface area contributed by atoms with Crippen LogP contribution in [0.5, 0.6) is 0 Å². The molecular weight excluding hydrogens is 400 g/mol. The number of hydrogen-bond donors (Lipinski definition) is 1. The summed E-state index contributed by atoms with van der Waals surface area (Å²) < 4.78 is 0. The number of rotatable bonds is 4. The summed E-state index contributed by atoms with van der Waals surface area (Å²) >= 11 is 0. The van der Waals surface area contributed by atoms with Gasteiger partial charge in [0.25, 0.3) is 0 Å². The summed E-state index contributed by atoms with van der Waals surface area (Å²) in [5.74, 6) is 0. The summed E-state index contributed by atoms with van der Waals surface area (Å²) in [6.07, 6.45) is 1.83. The Kier molecular flexibility index (Phi) is 5.50. The maximum atomic E-state index is 6.93. The first-order valence-electron chi connectivity index (χ1n) is 11.2. The van der Waals surface area contributed by atoms with Crippen molar-refractivity contribution in [1.82, 2.24) is 4.98 Å². The van der Waals surface area contributed by atoms with E-state index in [1.54, 1.807) is 0 Å². The van der Waals surface area contributed by atoms with E-state index in [4.69, 9.17) is 5.73 Å². The summed E-state index contributed by atoms with van der Waals surface area (Å²) in [5, 5.41) is 1.05. The number of hydrogen-bond acceptors (Lipinski definition) is 2. The van der Waals surface area contributed by atoms with Gasteiger partial charge in [-0.2, -0.15) is 0 Å². The third-order valence-electron chi connectivity index (χ3n) is 6.11. The maximum Gasteiger partial charge on any atom is 0.0708 e. The van der Waals surface area contributed by atoms with Crippen LogP contribution in [0.25, 0.3) is 33.3 Å². The Bertz CT molecular complexity index is 1440. The van der Waals surface area contributed by atoms with Crippen molar-refractivity contribution in [2.45, 2.75) is 13.8 Å². The summed E-state index contributed by atoms with van der Waals surface area (Å²) in [7, 11) is 0. The fourth-order valence-electron chi connectivity index (χ4n) is 4.24. The first-order valence-corrected chi connectivity index (χ1v) is 11.2. The van der Waals surface area contributed by atoms with Crippen LogP contribution in [0.15, 0.2) is 109 Å². The molecular formula is C31H26N2. The molecule has 0 aliphatic heterocycles. The highest BCUT2D eigenvalue weighted by Crippen LogP contribution is 2.33. The SMILES string of the molecule is Cc1ccc(C(=C(N)c2ccnc3ccccc23)c2ccc(-c3ccc(C)cc3)cc2)cc1. The van der Waals surface area contributed by atoms with Crippen molar-refractivity contribution >= 4 is 22.2 Å². The topological polar surface area (TPSA) is 38.9 Å². The maximum absolute atomic E-state index is 6.93. The van der Waals surface area contributed by atoms with E-state index in [1.807, 2.05) is 30.5 Å². The van der Waals surface area contributed by atoms with Crippen molar-refractivity contribution in [2.75, 3.05) is 0 Å². The molecule has 1 aromatic heterocycles. The second-order valence-corrected chi connectivity index (χ2v) is 8.47. The normalized spacial score (nSPS) is 11.9. The Morgan fingerprint density at radius 3 is 1.76 bits per heavy atom. The first-order chi connectivity index (χ1) is 16.1. The molecule has 0 aliphatic carbocycles. The zero-order chi connectivity index (χ0) is 22.8. The van der Waals surface area contributed by atoms with Gasteiger partial charge in [0, 0.05) is 28.4 Å². The van der Waals surface area contributed by atoms with Gasteiger partial charge >= 0.3 is 0 Å². The average molecular weight is 427 g/mol. The highest BCUT2D eigenvalue weighted by atomic mass is 14.7. The van der Waals surface area contributed by atoms with Crippen molar-refractivity contribution in [3.63, 3.8) is 0 Å². The number of aromatic nitrogens is 1. The lowest BCUT2D eigenvalue weighted by Gasteiger charge is -2.16. The van der Waals surface area contributed by atoms with Crippen LogP contribution < -0.4 is 5.73 Å². The Morgan fingerprint density at radius 2 is 1.12 bits per heavy atom. The lowest BCUT2D eigenvalue weighted by Crippen LogP contribution is -2.04. The van der Waals surface area contributed by atoms with E-state index in [-0.39, 0.29) is 0 Å². The molecule has 5 aromatic rings. The highest BCUT2D eigenvalue weighted by molar-refractivity contribution is 6.03. The van der Waals surface area contributed by atoms with Gasteiger partial charge in [-0.15, -0.1) is 0 Å². The smallest absolute Gasteiger partial charge is 0.0708 e. The van der Waals surface area contributed by atoms with Gasteiger partial charge in [-0.3, -0.25) is 4.98 Å². The van der Waals surface area contributed by atoms with Crippen LogP contribution in [0.2, 0.25) is 0 Å². The standard InChI is InChI=1S/C31H26N2/c1-21-7-11-23(12-8-21)24-15-17-26(18-16-24)30(25-13-9-22(2)10-14-25)31(32)28-19-20-33-29-6-4-3-5-27(28)29/h3-20H,32H2,1-2H3. The van der Waals surface area contributed by atoms with Crippen molar-refractivity contribution in [3.8, 4) is 11.1 Å². The molecule has 0 unspecified atom stereocenters. The van der Waals surface area contributed by atoms with E-state index in [0.717, 1.165) is 38.9 Å². The zero-order valence-electron chi connectivity index (χ0n) is 18.9. The number of nitrogens with zero attached hydrogens (tertiary/aromatic N) is 1. The molecule has 0 aliphatic rings. The van der Waals surface area contributed by atoms with Gasteiger partial charge in [-0.25, -0.2) is 0 Å². The van der Waals surface area contributed by atoms with E-state index in [1.165, 1.54) is 22.3 Å². The van der Waals surface area contributed by atoms with Gasteiger partial charge in [0.15, 0.2) is 0 Å². The third-order valence-corrected chi connectivity index (χ3v) is 6.11. The number of para-hydroxylation sites is 1. The van der Waals surface area contributed by atoms with Crippen LogP contribution in [-0.2, 0) is 0 Å². The van der Waals surface area contributed by atoms with Crippen molar-refractivity contribution in [1.29, 1.82) is 0 Å². The van der Waals surface area contributed by atoms with E-state index >= 15 is 0 Å². The fraction of sp³-hybridized carbons (Fsp3) is 0.0645. The van der Waals surface area contributed by atoms with Crippen LogP contribution >= 0.6 is 0 Å². The lowest BCUT2D eigenvalue weighted by molar-refractivity contribution is 1.38. The number of benzene rings is 4. The Labute approximate surface area is 195 Å². The first kappa shape index (κ1) is 20.7. The Morgan fingerprint density at radius 1 is 0.606 bits per heavy atom. The summed E-state index contributed by atoms with van der Waals surface area (Å²) in [5.41, 5.74) is 17.7. The molecule has 0 bridgehead atoms. The average Bonchev–Trinajstić information content (AvgIpc) is 2.86. The minimum absolute atomic E-state index is 0.750. The Balaban J connectivity index is 1.68. The van der Waals surface area contributed by atoms with E-state index < -0.39 is 0 Å². The van der Waals surface area contributed by atoms with E-state index in [0.29, 0.717) is 0 Å². The summed E-state index contributed by atoms with van der Waals surface area (Å²) in [6, 6.07) is 36.0. The molecule has 160 valence electrons. The monoisotopic (exact) mass is 426 g/mol. The van der Waals surface area contributed by atoms with Gasteiger partial charge in [-0.1, -0.05) is 102 Å². The van der Waals surface area contributed by atoms with E-state index in [9.17, 15) is 0 Å². The molecule has 0 amide bonds. The van der Waals surface area contributed by atoms with Crippen LogP contribution in [-0.4, -0.2) is 4.98 Å². The minimum Gasteiger partial charge on any atom is -0.398 e. The minimum atomic E-state index is 0.750. The quantitative estimate of drug-likeness (QED) is 0.325.